The minimum atomic E-state index is -0.128. The molecule has 23 heavy (non-hydrogen) atoms. The highest BCUT2D eigenvalue weighted by Gasteiger charge is 2.19. The topological polar surface area (TPSA) is 75.1 Å². The van der Waals surface area contributed by atoms with E-state index in [2.05, 4.69) is 10.2 Å². The first-order valence-electron chi connectivity index (χ1n) is 7.00. The highest BCUT2D eigenvalue weighted by atomic mass is 32.2. The molecule has 0 aliphatic carbocycles. The molecule has 1 atom stereocenters. The number of hydrogen-bond acceptors (Lipinski definition) is 6. The van der Waals surface area contributed by atoms with E-state index in [0.29, 0.717) is 16.8 Å². The number of aromatic nitrogens is 3. The Labute approximate surface area is 137 Å². The van der Waals surface area contributed by atoms with E-state index < -0.39 is 0 Å². The van der Waals surface area contributed by atoms with Gasteiger partial charge in [-0.05, 0) is 49.0 Å². The zero-order valence-electron chi connectivity index (χ0n) is 12.7. The van der Waals surface area contributed by atoms with Gasteiger partial charge in [-0.2, -0.15) is 4.73 Å². The van der Waals surface area contributed by atoms with Gasteiger partial charge in [0.15, 0.2) is 6.20 Å². The van der Waals surface area contributed by atoms with Crippen molar-refractivity contribution in [2.75, 3.05) is 7.11 Å². The number of nitrogens with zero attached hydrogens (tertiary/aromatic N) is 3. The van der Waals surface area contributed by atoms with Crippen LogP contribution < -0.4 is 9.47 Å². The number of rotatable bonds is 5. The van der Waals surface area contributed by atoms with Crippen LogP contribution in [0.3, 0.4) is 0 Å². The SMILES string of the molecule is COc1ccc(-c2nnc([C@@H](C)Sc3cccc[n+]3[O-])o2)cc1. The first-order valence-corrected chi connectivity index (χ1v) is 7.88. The van der Waals surface area contributed by atoms with E-state index in [4.69, 9.17) is 9.15 Å². The van der Waals surface area contributed by atoms with E-state index in [-0.39, 0.29) is 5.25 Å². The molecule has 2 aromatic heterocycles. The summed E-state index contributed by atoms with van der Waals surface area (Å²) in [5.41, 5.74) is 0.820. The predicted molar refractivity (Wildman–Crippen MR) is 86.0 cm³/mol. The molecule has 7 heteroatoms. The van der Waals surface area contributed by atoms with Gasteiger partial charge in [0.1, 0.15) is 5.75 Å². The molecule has 0 saturated carbocycles. The summed E-state index contributed by atoms with van der Waals surface area (Å²) in [7, 11) is 1.62. The molecule has 0 fully saturated rings. The largest absolute Gasteiger partial charge is 0.618 e. The second kappa shape index (κ2) is 6.70. The van der Waals surface area contributed by atoms with Crippen molar-refractivity contribution in [2.24, 2.45) is 0 Å². The molecule has 1 aromatic carbocycles. The zero-order valence-corrected chi connectivity index (χ0v) is 13.5. The Kier molecular flexibility index (Phi) is 4.47. The molecule has 0 aliphatic heterocycles. The lowest BCUT2D eigenvalue weighted by Crippen LogP contribution is -2.27. The Morgan fingerprint density at radius 2 is 1.96 bits per heavy atom. The Bertz CT molecular complexity index is 789. The van der Waals surface area contributed by atoms with Crippen molar-refractivity contribution in [1.29, 1.82) is 0 Å². The van der Waals surface area contributed by atoms with Gasteiger partial charge in [-0.25, -0.2) is 0 Å². The maximum absolute atomic E-state index is 11.7. The lowest BCUT2D eigenvalue weighted by atomic mass is 10.2. The van der Waals surface area contributed by atoms with Gasteiger partial charge in [-0.3, -0.25) is 0 Å². The number of ether oxygens (including phenoxy) is 1. The van der Waals surface area contributed by atoms with E-state index in [1.54, 1.807) is 19.2 Å². The quantitative estimate of drug-likeness (QED) is 0.406. The fourth-order valence-corrected chi connectivity index (χ4v) is 2.86. The second-order valence-corrected chi connectivity index (χ2v) is 6.16. The molecule has 0 radical (unpaired) electrons. The normalized spacial score (nSPS) is 12.1. The lowest BCUT2D eigenvalue weighted by Gasteiger charge is -2.06. The van der Waals surface area contributed by atoms with Crippen LogP contribution in [0.1, 0.15) is 18.1 Å². The monoisotopic (exact) mass is 329 g/mol. The summed E-state index contributed by atoms with van der Waals surface area (Å²) in [6, 6.07) is 12.7. The number of pyridine rings is 1. The molecule has 2 heterocycles. The van der Waals surface area contributed by atoms with Crippen molar-refractivity contribution in [3.63, 3.8) is 0 Å². The van der Waals surface area contributed by atoms with Gasteiger partial charge in [0.05, 0.1) is 12.4 Å². The molecule has 0 N–H and O–H groups in total. The van der Waals surface area contributed by atoms with Crippen LogP contribution in [-0.2, 0) is 0 Å². The van der Waals surface area contributed by atoms with Gasteiger partial charge in [0, 0.05) is 17.7 Å². The molecule has 0 unspecified atom stereocenters. The molecule has 3 rings (SSSR count). The summed E-state index contributed by atoms with van der Waals surface area (Å²) in [6.45, 7) is 1.92. The number of benzene rings is 1. The van der Waals surface area contributed by atoms with E-state index in [1.807, 2.05) is 37.3 Å². The molecule has 0 saturated heterocycles. The van der Waals surface area contributed by atoms with Gasteiger partial charge < -0.3 is 14.4 Å². The molecular formula is C16H15N3O3S. The predicted octanol–water partition coefficient (Wildman–Crippen LogP) is 3.23. The van der Waals surface area contributed by atoms with E-state index in [9.17, 15) is 5.21 Å². The zero-order chi connectivity index (χ0) is 16.2. The van der Waals surface area contributed by atoms with Gasteiger partial charge >= 0.3 is 0 Å². The van der Waals surface area contributed by atoms with Crippen LogP contribution in [0.25, 0.3) is 11.5 Å². The molecule has 3 aromatic rings. The molecule has 0 aliphatic rings. The third-order valence-corrected chi connectivity index (χ3v) is 4.32. The highest BCUT2D eigenvalue weighted by molar-refractivity contribution is 7.99. The molecular weight excluding hydrogens is 314 g/mol. The van der Waals surface area contributed by atoms with Gasteiger partial charge in [0.2, 0.25) is 11.8 Å². The molecule has 0 bridgehead atoms. The van der Waals surface area contributed by atoms with Crippen molar-refractivity contribution < 1.29 is 13.9 Å². The van der Waals surface area contributed by atoms with Crippen molar-refractivity contribution in [2.45, 2.75) is 17.2 Å². The highest BCUT2D eigenvalue weighted by Crippen LogP contribution is 2.33. The summed E-state index contributed by atoms with van der Waals surface area (Å²) in [4.78, 5) is 0. The minimum absolute atomic E-state index is 0.128. The van der Waals surface area contributed by atoms with Crippen LogP contribution in [0.15, 0.2) is 58.1 Å². The Morgan fingerprint density at radius 3 is 2.65 bits per heavy atom. The maximum atomic E-state index is 11.7. The summed E-state index contributed by atoms with van der Waals surface area (Å²) in [5, 5.41) is 20.3. The number of methoxy groups -OCH3 is 1. The smallest absolute Gasteiger partial charge is 0.252 e. The summed E-state index contributed by atoms with van der Waals surface area (Å²) in [5.74, 6) is 1.68. The third kappa shape index (κ3) is 3.45. The summed E-state index contributed by atoms with van der Waals surface area (Å²) < 4.78 is 11.7. The fourth-order valence-electron chi connectivity index (χ4n) is 1.98. The maximum Gasteiger partial charge on any atom is 0.252 e. The fraction of sp³-hybridized carbons (Fsp3) is 0.188. The minimum Gasteiger partial charge on any atom is -0.618 e. The molecule has 0 amide bonds. The standard InChI is InChI=1S/C16H15N3O3S/c1-11(23-14-5-3-4-10-19(14)20)15-17-18-16(22-15)12-6-8-13(21-2)9-7-12/h3-11H,1-2H3/t11-/m1/s1. The Hall–Kier alpha value is -2.54. The van der Waals surface area contributed by atoms with Gasteiger partial charge in [-0.15, -0.1) is 10.2 Å². The molecule has 6 nitrogen and oxygen atoms in total. The van der Waals surface area contributed by atoms with Crippen molar-refractivity contribution in [3.05, 3.63) is 59.8 Å². The third-order valence-electron chi connectivity index (χ3n) is 3.21. The summed E-state index contributed by atoms with van der Waals surface area (Å²) in [6.07, 6.45) is 1.46. The van der Waals surface area contributed by atoms with Gasteiger partial charge in [0.25, 0.3) is 5.03 Å². The molecule has 0 spiro atoms. The lowest BCUT2D eigenvalue weighted by molar-refractivity contribution is -0.645. The van der Waals surface area contributed by atoms with E-state index in [1.165, 1.54) is 18.0 Å². The first kappa shape index (κ1) is 15.4. The van der Waals surface area contributed by atoms with Crippen LogP contribution in [0, 0.1) is 5.21 Å². The van der Waals surface area contributed by atoms with Crippen LogP contribution >= 0.6 is 11.8 Å². The van der Waals surface area contributed by atoms with Crippen molar-refractivity contribution in [3.8, 4) is 17.2 Å². The van der Waals surface area contributed by atoms with E-state index >= 15 is 0 Å². The van der Waals surface area contributed by atoms with Crippen molar-refractivity contribution >= 4 is 11.8 Å². The first-order chi connectivity index (χ1) is 11.2. The van der Waals surface area contributed by atoms with Gasteiger partial charge in [-0.1, -0.05) is 0 Å². The average Bonchev–Trinajstić information content (AvgIpc) is 3.07. The van der Waals surface area contributed by atoms with Crippen molar-refractivity contribution in [1.82, 2.24) is 10.2 Å². The van der Waals surface area contributed by atoms with Crippen LogP contribution in [0.2, 0.25) is 0 Å². The Morgan fingerprint density at radius 1 is 1.17 bits per heavy atom. The van der Waals surface area contributed by atoms with E-state index in [0.717, 1.165) is 16.0 Å². The summed E-state index contributed by atoms with van der Waals surface area (Å²) >= 11 is 1.37. The average molecular weight is 329 g/mol. The Balaban J connectivity index is 1.76. The number of hydrogen-bond donors (Lipinski definition) is 0. The second-order valence-electron chi connectivity index (χ2n) is 4.80. The van der Waals surface area contributed by atoms with Crippen LogP contribution in [0.5, 0.6) is 5.75 Å². The number of thioether (sulfide) groups is 1. The van der Waals surface area contributed by atoms with Crippen LogP contribution in [-0.4, -0.2) is 17.3 Å². The molecule has 118 valence electrons. The van der Waals surface area contributed by atoms with Crippen LogP contribution in [0.4, 0.5) is 0 Å².